The van der Waals surface area contributed by atoms with Crippen molar-refractivity contribution in [2.24, 2.45) is 5.92 Å². The minimum atomic E-state index is -0.882. The summed E-state index contributed by atoms with van der Waals surface area (Å²) >= 11 is 12.2. The van der Waals surface area contributed by atoms with Crippen molar-refractivity contribution >= 4 is 46.3 Å². The Bertz CT molecular complexity index is 1320. The van der Waals surface area contributed by atoms with Gasteiger partial charge in [0.25, 0.3) is 11.7 Å². The van der Waals surface area contributed by atoms with Crippen LogP contribution in [0.2, 0.25) is 10.0 Å². The van der Waals surface area contributed by atoms with Gasteiger partial charge in [-0.15, -0.1) is 0 Å². The molecular formula is C28H25Cl2NO5. The third kappa shape index (κ3) is 5.06. The number of anilines is 1. The van der Waals surface area contributed by atoms with Crippen molar-refractivity contribution in [1.29, 1.82) is 0 Å². The Balaban J connectivity index is 1.83. The number of aliphatic hydroxyl groups is 1. The van der Waals surface area contributed by atoms with E-state index in [9.17, 15) is 14.7 Å². The summed E-state index contributed by atoms with van der Waals surface area (Å²) in [5.74, 6) is -0.272. The molecule has 36 heavy (non-hydrogen) atoms. The summed E-state index contributed by atoms with van der Waals surface area (Å²) in [6.07, 6.45) is 0. The number of Topliss-reactive ketones (excluding diaryl/α,β-unsaturated/α-hetero) is 1. The molecule has 1 unspecified atom stereocenters. The van der Waals surface area contributed by atoms with Crippen molar-refractivity contribution in [3.05, 3.63) is 93.5 Å². The molecule has 3 aromatic carbocycles. The van der Waals surface area contributed by atoms with Gasteiger partial charge in [0.2, 0.25) is 0 Å². The number of rotatable bonds is 7. The average Bonchev–Trinajstić information content (AvgIpc) is 3.14. The molecule has 1 atom stereocenters. The van der Waals surface area contributed by atoms with E-state index >= 15 is 0 Å². The van der Waals surface area contributed by atoms with Crippen LogP contribution < -0.4 is 14.4 Å². The van der Waals surface area contributed by atoms with Gasteiger partial charge in [0.1, 0.15) is 17.3 Å². The minimum absolute atomic E-state index is 0.0521. The number of amides is 1. The molecule has 1 heterocycles. The fourth-order valence-corrected chi connectivity index (χ4v) is 4.26. The second-order valence-corrected chi connectivity index (χ2v) is 9.58. The molecule has 1 fully saturated rings. The highest BCUT2D eigenvalue weighted by Gasteiger charge is 2.47. The highest BCUT2D eigenvalue weighted by molar-refractivity contribution is 6.51. The number of aliphatic hydroxyl groups excluding tert-OH is 1. The van der Waals surface area contributed by atoms with Gasteiger partial charge in [-0.3, -0.25) is 14.5 Å². The van der Waals surface area contributed by atoms with Crippen LogP contribution in [0.5, 0.6) is 11.5 Å². The fraction of sp³-hybridized carbons (Fsp3) is 0.214. The largest absolute Gasteiger partial charge is 0.507 e. The van der Waals surface area contributed by atoms with Crippen molar-refractivity contribution in [2.75, 3.05) is 18.6 Å². The monoisotopic (exact) mass is 525 g/mol. The molecule has 0 radical (unpaired) electrons. The highest BCUT2D eigenvalue weighted by atomic mass is 35.5. The van der Waals surface area contributed by atoms with Gasteiger partial charge in [0.15, 0.2) is 0 Å². The Hall–Kier alpha value is -3.48. The first kappa shape index (κ1) is 25.6. The van der Waals surface area contributed by atoms with Crippen LogP contribution in [0.1, 0.15) is 31.0 Å². The number of halogens is 2. The lowest BCUT2D eigenvalue weighted by Crippen LogP contribution is -2.29. The summed E-state index contributed by atoms with van der Waals surface area (Å²) in [7, 11) is 1.55. The van der Waals surface area contributed by atoms with Crippen LogP contribution in [0, 0.1) is 5.92 Å². The number of hydrogen-bond acceptors (Lipinski definition) is 5. The lowest BCUT2D eigenvalue weighted by atomic mass is 9.95. The van der Waals surface area contributed by atoms with Crippen molar-refractivity contribution in [3.63, 3.8) is 0 Å². The fourth-order valence-electron chi connectivity index (χ4n) is 3.97. The molecule has 0 aliphatic carbocycles. The predicted molar refractivity (Wildman–Crippen MR) is 141 cm³/mol. The number of ketones is 1. The second kappa shape index (κ2) is 10.6. The average molecular weight is 526 g/mol. The van der Waals surface area contributed by atoms with E-state index in [-0.39, 0.29) is 21.9 Å². The topological polar surface area (TPSA) is 76.1 Å². The molecule has 0 spiro atoms. The Morgan fingerprint density at radius 1 is 0.944 bits per heavy atom. The summed E-state index contributed by atoms with van der Waals surface area (Å²) < 4.78 is 11.0. The number of benzene rings is 3. The third-order valence-corrected chi connectivity index (χ3v) is 6.51. The Morgan fingerprint density at radius 2 is 1.58 bits per heavy atom. The first-order valence-electron chi connectivity index (χ1n) is 11.3. The zero-order valence-corrected chi connectivity index (χ0v) is 21.5. The second-order valence-electron chi connectivity index (χ2n) is 8.77. The maximum absolute atomic E-state index is 13.3. The number of methoxy groups -OCH3 is 1. The normalized spacial score (nSPS) is 17.1. The number of hydrogen-bond donors (Lipinski definition) is 1. The molecule has 4 rings (SSSR count). The molecule has 3 aromatic rings. The van der Waals surface area contributed by atoms with E-state index in [1.165, 1.54) is 17.0 Å². The van der Waals surface area contributed by atoms with Crippen molar-refractivity contribution < 1.29 is 24.2 Å². The lowest BCUT2D eigenvalue weighted by Gasteiger charge is -2.26. The molecule has 1 saturated heterocycles. The van der Waals surface area contributed by atoms with Crippen LogP contribution in [0.4, 0.5) is 5.69 Å². The van der Waals surface area contributed by atoms with E-state index < -0.39 is 17.7 Å². The number of nitrogens with zero attached hydrogens (tertiary/aromatic N) is 1. The molecule has 1 amide bonds. The van der Waals surface area contributed by atoms with Crippen molar-refractivity contribution in [1.82, 2.24) is 0 Å². The van der Waals surface area contributed by atoms with Gasteiger partial charge in [-0.25, -0.2) is 0 Å². The summed E-state index contributed by atoms with van der Waals surface area (Å²) in [6.45, 7) is 4.66. The SMILES string of the molecule is COc1ccc(C2/C(=C(/O)c3ccc(Cl)c(Cl)c3)C(=O)C(=O)N2c2ccc(OCC(C)C)cc2)cc1. The van der Waals surface area contributed by atoms with Gasteiger partial charge >= 0.3 is 0 Å². The number of carbonyl (C=O) groups excluding carboxylic acids is 2. The third-order valence-electron chi connectivity index (χ3n) is 5.77. The highest BCUT2D eigenvalue weighted by Crippen LogP contribution is 2.43. The Kier molecular flexibility index (Phi) is 7.57. The van der Waals surface area contributed by atoms with E-state index in [1.807, 2.05) is 0 Å². The molecule has 0 bridgehead atoms. The van der Waals surface area contributed by atoms with Crippen LogP contribution in [0.25, 0.3) is 5.76 Å². The molecule has 1 aliphatic heterocycles. The molecule has 1 aliphatic rings. The van der Waals surface area contributed by atoms with Crippen LogP contribution in [-0.2, 0) is 9.59 Å². The minimum Gasteiger partial charge on any atom is -0.507 e. The van der Waals surface area contributed by atoms with Crippen molar-refractivity contribution in [3.8, 4) is 11.5 Å². The van der Waals surface area contributed by atoms with E-state index in [0.717, 1.165) is 0 Å². The first-order valence-corrected chi connectivity index (χ1v) is 12.1. The number of ether oxygens (including phenoxy) is 2. The quantitative estimate of drug-likeness (QED) is 0.212. The van der Waals surface area contributed by atoms with Gasteiger partial charge in [0.05, 0.1) is 35.4 Å². The van der Waals surface area contributed by atoms with Gasteiger partial charge in [-0.1, -0.05) is 49.2 Å². The first-order chi connectivity index (χ1) is 17.2. The Labute approximate surface area is 219 Å². The van der Waals surface area contributed by atoms with Gasteiger partial charge < -0.3 is 14.6 Å². The van der Waals surface area contributed by atoms with E-state index in [0.29, 0.717) is 40.3 Å². The molecule has 186 valence electrons. The van der Waals surface area contributed by atoms with Crippen LogP contribution in [0.3, 0.4) is 0 Å². The lowest BCUT2D eigenvalue weighted by molar-refractivity contribution is -0.132. The Morgan fingerprint density at radius 3 is 2.17 bits per heavy atom. The maximum atomic E-state index is 13.3. The summed E-state index contributed by atoms with van der Waals surface area (Å²) in [4.78, 5) is 28.0. The van der Waals surface area contributed by atoms with Crippen LogP contribution in [0.15, 0.2) is 72.3 Å². The van der Waals surface area contributed by atoms with Gasteiger partial charge in [-0.2, -0.15) is 0 Å². The number of carbonyl (C=O) groups is 2. The van der Waals surface area contributed by atoms with Gasteiger partial charge in [-0.05, 0) is 66.1 Å². The van der Waals surface area contributed by atoms with Crippen LogP contribution >= 0.6 is 23.2 Å². The summed E-state index contributed by atoms with van der Waals surface area (Å²) in [5.41, 5.74) is 1.33. The smallest absolute Gasteiger partial charge is 0.300 e. The maximum Gasteiger partial charge on any atom is 0.300 e. The van der Waals surface area contributed by atoms with E-state index in [1.54, 1.807) is 61.7 Å². The van der Waals surface area contributed by atoms with Gasteiger partial charge in [0, 0.05) is 11.3 Å². The zero-order chi connectivity index (χ0) is 26.0. The molecule has 1 N–H and O–H groups in total. The molecule has 6 nitrogen and oxygen atoms in total. The standard InChI is InChI=1S/C28H25Cl2NO5/c1-16(2)15-36-21-11-7-19(8-12-21)31-25(17-4-9-20(35-3)10-5-17)24(27(33)28(31)34)26(32)18-6-13-22(29)23(30)14-18/h4-14,16,25,32H,15H2,1-3H3/b26-24-. The van der Waals surface area contributed by atoms with E-state index in [2.05, 4.69) is 13.8 Å². The summed E-state index contributed by atoms with van der Waals surface area (Å²) in [5, 5.41) is 11.7. The molecule has 0 aromatic heterocycles. The van der Waals surface area contributed by atoms with Crippen molar-refractivity contribution in [2.45, 2.75) is 19.9 Å². The van der Waals surface area contributed by atoms with E-state index in [4.69, 9.17) is 32.7 Å². The molecular weight excluding hydrogens is 501 g/mol. The zero-order valence-electron chi connectivity index (χ0n) is 20.0. The molecule has 0 saturated carbocycles. The summed E-state index contributed by atoms with van der Waals surface area (Å²) in [6, 6.07) is 17.6. The molecule has 8 heteroatoms. The van der Waals surface area contributed by atoms with Crippen LogP contribution in [-0.4, -0.2) is 30.5 Å². The predicted octanol–water partition coefficient (Wildman–Crippen LogP) is 6.66.